The van der Waals surface area contributed by atoms with Crippen LogP contribution in [-0.2, 0) is 28.5 Å². The highest BCUT2D eigenvalue weighted by atomic mass is 16.5. The molecule has 0 spiro atoms. The van der Waals surface area contributed by atoms with E-state index >= 15 is 0 Å². The first-order valence-electron chi connectivity index (χ1n) is 8.75. The molecule has 1 aromatic rings. The molecule has 0 saturated carbocycles. The Labute approximate surface area is 168 Å². The molecule has 0 bridgehead atoms. The first-order valence-corrected chi connectivity index (χ1v) is 8.75. The molecule has 158 valence electrons. The molecule has 0 aliphatic carbocycles. The van der Waals surface area contributed by atoms with Crippen LogP contribution in [0.4, 0.5) is 0 Å². The van der Waals surface area contributed by atoms with Gasteiger partial charge in [-0.15, -0.1) is 0 Å². The lowest BCUT2D eigenvalue weighted by atomic mass is 10.1. The molecular weight excluding hydrogens is 384 g/mol. The largest absolute Gasteiger partial charge is 0.466 e. The summed E-state index contributed by atoms with van der Waals surface area (Å²) < 4.78 is 24.7. The minimum atomic E-state index is -0.834. The van der Waals surface area contributed by atoms with Crippen LogP contribution in [0.3, 0.4) is 0 Å². The number of hydrogen-bond donors (Lipinski definition) is 0. The Hall–Kier alpha value is -3.36. The van der Waals surface area contributed by atoms with Gasteiger partial charge >= 0.3 is 23.9 Å². The standard InChI is InChI=1S/C20H24O9/c1-13(21)27-11-7-5-9-15-16(10-6-8-12-28-14(2)22)29-18(20(24)26-4)17(15)19(23)25-3/h5-6,9-10H,7-8,11-12H2,1-4H3/b9-5+,10-6+. The molecule has 0 saturated heterocycles. The van der Waals surface area contributed by atoms with E-state index in [0.29, 0.717) is 18.4 Å². The molecule has 0 amide bonds. The SMILES string of the molecule is COC(=O)c1oc(/C=C/CCOC(C)=O)c(/C=C/CCOC(C)=O)c1C(=O)OC. The molecule has 9 nitrogen and oxygen atoms in total. The molecule has 1 rings (SSSR count). The second kappa shape index (κ2) is 12.2. The van der Waals surface area contributed by atoms with Crippen molar-refractivity contribution in [1.82, 2.24) is 0 Å². The Balaban J connectivity index is 3.20. The predicted molar refractivity (Wildman–Crippen MR) is 102 cm³/mol. The molecule has 1 heterocycles. The second-order valence-electron chi connectivity index (χ2n) is 5.63. The van der Waals surface area contributed by atoms with E-state index in [0.717, 1.165) is 7.11 Å². The van der Waals surface area contributed by atoms with E-state index in [1.165, 1.54) is 21.0 Å². The zero-order chi connectivity index (χ0) is 21.8. The highest BCUT2D eigenvalue weighted by molar-refractivity contribution is 6.05. The summed E-state index contributed by atoms with van der Waals surface area (Å²) in [5.74, 6) is -2.47. The van der Waals surface area contributed by atoms with Crippen LogP contribution in [0.25, 0.3) is 12.2 Å². The first-order chi connectivity index (χ1) is 13.8. The smallest absolute Gasteiger partial charge is 0.374 e. The molecule has 0 atom stereocenters. The van der Waals surface area contributed by atoms with E-state index in [9.17, 15) is 19.2 Å². The minimum absolute atomic E-state index is 0.0808. The van der Waals surface area contributed by atoms with Crippen LogP contribution in [0.1, 0.15) is 58.9 Å². The van der Waals surface area contributed by atoms with Crippen molar-refractivity contribution in [3.05, 3.63) is 34.8 Å². The highest BCUT2D eigenvalue weighted by Gasteiger charge is 2.29. The number of hydrogen-bond acceptors (Lipinski definition) is 9. The lowest BCUT2D eigenvalue weighted by Crippen LogP contribution is -2.10. The van der Waals surface area contributed by atoms with Gasteiger partial charge in [0.2, 0.25) is 5.76 Å². The van der Waals surface area contributed by atoms with Gasteiger partial charge in [-0.2, -0.15) is 0 Å². The van der Waals surface area contributed by atoms with Gasteiger partial charge < -0.3 is 23.4 Å². The van der Waals surface area contributed by atoms with Gasteiger partial charge in [0.1, 0.15) is 11.3 Å². The van der Waals surface area contributed by atoms with Crippen LogP contribution in [-0.4, -0.2) is 51.3 Å². The quantitative estimate of drug-likeness (QED) is 0.327. The number of methoxy groups -OCH3 is 2. The van der Waals surface area contributed by atoms with E-state index < -0.39 is 23.9 Å². The Morgan fingerprint density at radius 2 is 1.34 bits per heavy atom. The molecule has 1 aromatic heterocycles. The third kappa shape index (κ3) is 7.65. The number of ether oxygens (including phenoxy) is 4. The maximum atomic E-state index is 12.2. The third-order valence-corrected chi connectivity index (χ3v) is 3.47. The topological polar surface area (TPSA) is 118 Å². The van der Waals surface area contributed by atoms with Crippen molar-refractivity contribution in [3.63, 3.8) is 0 Å². The minimum Gasteiger partial charge on any atom is -0.466 e. The summed E-state index contributed by atoms with van der Waals surface area (Å²) in [6.45, 7) is 2.94. The maximum absolute atomic E-state index is 12.2. The second-order valence-corrected chi connectivity index (χ2v) is 5.63. The molecule has 0 fully saturated rings. The molecular formula is C20H24O9. The van der Waals surface area contributed by atoms with Gasteiger partial charge in [-0.05, 0) is 18.9 Å². The normalized spacial score (nSPS) is 10.9. The van der Waals surface area contributed by atoms with E-state index in [1.54, 1.807) is 24.3 Å². The predicted octanol–water partition coefficient (Wildman–Crippen LogP) is 2.79. The van der Waals surface area contributed by atoms with Crippen LogP contribution in [0.2, 0.25) is 0 Å². The van der Waals surface area contributed by atoms with Gasteiger partial charge in [0.25, 0.3) is 0 Å². The molecule has 29 heavy (non-hydrogen) atoms. The fourth-order valence-corrected chi connectivity index (χ4v) is 2.22. The Morgan fingerprint density at radius 1 is 0.828 bits per heavy atom. The number of furan rings is 1. The Kier molecular flexibility index (Phi) is 9.94. The van der Waals surface area contributed by atoms with Crippen molar-refractivity contribution in [1.29, 1.82) is 0 Å². The summed E-state index contributed by atoms with van der Waals surface area (Å²) in [4.78, 5) is 45.9. The maximum Gasteiger partial charge on any atom is 0.374 e. The van der Waals surface area contributed by atoms with Crippen molar-refractivity contribution in [3.8, 4) is 0 Å². The first kappa shape index (κ1) is 23.7. The Bertz CT molecular complexity index is 799. The number of carbonyl (C=O) groups is 4. The molecule has 0 radical (unpaired) electrons. The lowest BCUT2D eigenvalue weighted by molar-refractivity contribution is -0.141. The molecule has 0 unspecified atom stereocenters. The van der Waals surface area contributed by atoms with Crippen molar-refractivity contribution < 1.29 is 42.5 Å². The number of carbonyl (C=O) groups excluding carboxylic acids is 4. The highest BCUT2D eigenvalue weighted by Crippen LogP contribution is 2.27. The summed E-state index contributed by atoms with van der Waals surface area (Å²) in [7, 11) is 2.34. The molecule has 0 N–H and O–H groups in total. The van der Waals surface area contributed by atoms with Crippen molar-refractivity contribution in [2.24, 2.45) is 0 Å². The Morgan fingerprint density at radius 3 is 1.83 bits per heavy atom. The summed E-state index contributed by atoms with van der Waals surface area (Å²) in [6.07, 6.45) is 7.23. The molecule has 9 heteroatoms. The van der Waals surface area contributed by atoms with Crippen LogP contribution in [0.5, 0.6) is 0 Å². The van der Waals surface area contributed by atoms with Crippen molar-refractivity contribution >= 4 is 36.0 Å². The van der Waals surface area contributed by atoms with E-state index in [4.69, 9.17) is 18.6 Å². The van der Waals surface area contributed by atoms with Crippen LogP contribution >= 0.6 is 0 Å². The zero-order valence-corrected chi connectivity index (χ0v) is 16.8. The van der Waals surface area contributed by atoms with Gasteiger partial charge in [0.15, 0.2) is 0 Å². The van der Waals surface area contributed by atoms with E-state index in [-0.39, 0.29) is 30.3 Å². The third-order valence-electron chi connectivity index (χ3n) is 3.47. The molecule has 0 aliphatic heterocycles. The zero-order valence-electron chi connectivity index (χ0n) is 16.8. The van der Waals surface area contributed by atoms with Gasteiger partial charge in [-0.1, -0.05) is 18.2 Å². The van der Waals surface area contributed by atoms with E-state index in [1.807, 2.05) is 0 Å². The van der Waals surface area contributed by atoms with Gasteiger partial charge in [-0.3, -0.25) is 9.59 Å². The lowest BCUT2D eigenvalue weighted by Gasteiger charge is -2.01. The van der Waals surface area contributed by atoms with Crippen molar-refractivity contribution in [2.45, 2.75) is 26.7 Å². The monoisotopic (exact) mass is 408 g/mol. The van der Waals surface area contributed by atoms with Crippen molar-refractivity contribution in [2.75, 3.05) is 27.4 Å². The van der Waals surface area contributed by atoms with Gasteiger partial charge in [0.05, 0.1) is 27.4 Å². The molecule has 0 aliphatic rings. The van der Waals surface area contributed by atoms with Crippen LogP contribution in [0, 0.1) is 0 Å². The fourth-order valence-electron chi connectivity index (χ4n) is 2.22. The van der Waals surface area contributed by atoms with Crippen LogP contribution in [0.15, 0.2) is 16.6 Å². The fraction of sp³-hybridized carbons (Fsp3) is 0.400. The van der Waals surface area contributed by atoms with Gasteiger partial charge in [0, 0.05) is 19.4 Å². The summed E-state index contributed by atoms with van der Waals surface area (Å²) in [5, 5.41) is 0. The number of esters is 4. The van der Waals surface area contributed by atoms with Crippen LogP contribution < -0.4 is 0 Å². The summed E-state index contributed by atoms with van der Waals surface area (Å²) in [5.41, 5.74) is 0.228. The van der Waals surface area contributed by atoms with Gasteiger partial charge in [-0.25, -0.2) is 9.59 Å². The average Bonchev–Trinajstić information content (AvgIpc) is 3.04. The molecule has 0 aromatic carbocycles. The summed E-state index contributed by atoms with van der Waals surface area (Å²) >= 11 is 0. The summed E-state index contributed by atoms with van der Waals surface area (Å²) in [6, 6.07) is 0. The average molecular weight is 408 g/mol. The number of rotatable bonds is 10. The van der Waals surface area contributed by atoms with E-state index in [2.05, 4.69) is 4.74 Å².